The Morgan fingerprint density at radius 2 is 2.29 bits per heavy atom. The first-order valence-corrected chi connectivity index (χ1v) is 2.37. The zero-order valence-corrected chi connectivity index (χ0v) is 4.35. The Morgan fingerprint density at radius 1 is 1.71 bits per heavy atom. The second-order valence-corrected chi connectivity index (χ2v) is 1.45. The van der Waals surface area contributed by atoms with Crippen molar-refractivity contribution in [2.45, 2.75) is 19.3 Å². The van der Waals surface area contributed by atoms with Crippen LogP contribution in [0.5, 0.6) is 0 Å². The first-order valence-electron chi connectivity index (χ1n) is 2.37. The zero-order valence-electron chi connectivity index (χ0n) is 4.35. The maximum Gasteiger partial charge on any atom is 0.0853 e. The van der Waals surface area contributed by atoms with E-state index in [1.807, 2.05) is 0 Å². The van der Waals surface area contributed by atoms with E-state index in [9.17, 15) is 0 Å². The van der Waals surface area contributed by atoms with Crippen molar-refractivity contribution in [2.24, 2.45) is 5.73 Å². The monoisotopic (exact) mass is 98.1 g/mol. The summed E-state index contributed by atoms with van der Waals surface area (Å²) < 4.78 is 0. The van der Waals surface area contributed by atoms with Crippen molar-refractivity contribution in [3.05, 3.63) is 12.3 Å². The summed E-state index contributed by atoms with van der Waals surface area (Å²) in [5.41, 5.74) is 4.92. The molecule has 2 nitrogen and oxygen atoms in total. The van der Waals surface area contributed by atoms with Crippen LogP contribution in [-0.4, -0.2) is 5.84 Å². The van der Waals surface area contributed by atoms with Crippen molar-refractivity contribution in [1.29, 1.82) is 0 Å². The van der Waals surface area contributed by atoms with E-state index in [0.717, 1.165) is 12.8 Å². The lowest BCUT2D eigenvalue weighted by atomic mass is 10.2. The fourth-order valence-corrected chi connectivity index (χ4v) is 0.306. The van der Waals surface area contributed by atoms with E-state index >= 15 is 0 Å². The van der Waals surface area contributed by atoms with Gasteiger partial charge in [-0.05, 0) is 12.8 Å². The molecular formula is C5H10N2. The first kappa shape index (κ1) is 6.34. The Labute approximate surface area is 44.2 Å². The lowest BCUT2D eigenvalue weighted by Crippen LogP contribution is -2.07. The molecule has 0 spiro atoms. The molecule has 0 radical (unpaired) electrons. The zero-order chi connectivity index (χ0) is 5.70. The Balaban J connectivity index is 2.82. The summed E-state index contributed by atoms with van der Waals surface area (Å²) in [6, 6.07) is 0. The number of nitrogens with zero attached hydrogens (tertiary/aromatic N) is 1. The van der Waals surface area contributed by atoms with Gasteiger partial charge in [-0.3, -0.25) is 0 Å². The van der Waals surface area contributed by atoms with Gasteiger partial charge in [-0.15, -0.1) is 0 Å². The van der Waals surface area contributed by atoms with Crippen LogP contribution >= 0.6 is 0 Å². The van der Waals surface area contributed by atoms with Crippen LogP contribution < -0.4 is 5.73 Å². The number of unbranched alkanes of at least 4 members (excludes halogenated alkanes) is 1. The van der Waals surface area contributed by atoms with Gasteiger partial charge in [0, 0.05) is 0 Å². The molecule has 0 aliphatic carbocycles. The summed E-state index contributed by atoms with van der Waals surface area (Å²) in [7, 11) is 0. The molecule has 0 aromatic rings. The van der Waals surface area contributed by atoms with E-state index in [1.165, 1.54) is 0 Å². The minimum atomic E-state index is 0.0173. The second-order valence-electron chi connectivity index (χ2n) is 1.45. The van der Waals surface area contributed by atoms with E-state index in [-0.39, 0.29) is 5.84 Å². The predicted molar refractivity (Wildman–Crippen MR) is 31.8 cm³/mol. The summed E-state index contributed by atoms with van der Waals surface area (Å²) in [5.74, 6) is 0.0173. The van der Waals surface area contributed by atoms with Crippen LogP contribution in [0.2, 0.25) is 0 Å². The summed E-state index contributed by atoms with van der Waals surface area (Å²) in [6.45, 7) is 3.58. The smallest absolute Gasteiger partial charge is 0.0853 e. The van der Waals surface area contributed by atoms with Crippen LogP contribution in [0.4, 0.5) is 0 Å². The molecule has 0 unspecified atom stereocenters. The Bertz CT molecular complexity index is 59.1. The van der Waals surface area contributed by atoms with E-state index in [1.54, 1.807) is 0 Å². The molecule has 0 amide bonds. The van der Waals surface area contributed by atoms with Crippen molar-refractivity contribution in [3.8, 4) is 0 Å². The standard InChI is InChI=1S/C5H10N2/c1-2-3-4-5(6)7/h1-4H2,(H2-,6,7). The molecule has 0 heterocycles. The molecule has 0 bridgehead atoms. The van der Waals surface area contributed by atoms with Gasteiger partial charge >= 0.3 is 0 Å². The Morgan fingerprint density at radius 3 is 2.43 bits per heavy atom. The first-order chi connectivity index (χ1) is 3.27. The van der Waals surface area contributed by atoms with Gasteiger partial charge in [0.1, 0.15) is 0 Å². The van der Waals surface area contributed by atoms with Crippen LogP contribution in [0.1, 0.15) is 19.3 Å². The van der Waals surface area contributed by atoms with E-state index < -0.39 is 0 Å². The number of hydrogen-bond donors (Lipinski definition) is 1. The maximum atomic E-state index is 8.35. The molecule has 0 saturated heterocycles. The van der Waals surface area contributed by atoms with Gasteiger partial charge in [0.15, 0.2) is 0 Å². The van der Waals surface area contributed by atoms with Crippen LogP contribution in [0, 0.1) is 6.92 Å². The van der Waals surface area contributed by atoms with E-state index in [2.05, 4.69) is 6.92 Å². The molecule has 40 valence electrons. The van der Waals surface area contributed by atoms with Crippen LogP contribution in [0.25, 0.3) is 5.41 Å². The van der Waals surface area contributed by atoms with Gasteiger partial charge in [-0.2, -0.15) is 0 Å². The lowest BCUT2D eigenvalue weighted by Gasteiger charge is -1.96. The van der Waals surface area contributed by atoms with Crippen molar-refractivity contribution < 1.29 is 0 Å². The normalized spacial score (nSPS) is 8.57. The average Bonchev–Trinajstić information content (AvgIpc) is 1.61. The molecule has 0 aliphatic rings. The molecule has 7 heavy (non-hydrogen) atoms. The highest BCUT2D eigenvalue weighted by atomic mass is 14.7. The molecule has 0 atom stereocenters. The third kappa shape index (κ3) is 5.34. The molecule has 0 aromatic carbocycles. The molecule has 2 heteroatoms. The van der Waals surface area contributed by atoms with Gasteiger partial charge in [0.2, 0.25) is 0 Å². The van der Waals surface area contributed by atoms with Gasteiger partial charge in [0.05, 0.1) is 13.3 Å². The van der Waals surface area contributed by atoms with Gasteiger partial charge < -0.3 is 11.1 Å². The maximum absolute atomic E-state index is 8.35. The molecule has 0 fully saturated rings. The average molecular weight is 98.1 g/mol. The largest absolute Gasteiger partial charge is 0.498 e. The van der Waals surface area contributed by atoms with Crippen LogP contribution in [0.3, 0.4) is 0 Å². The van der Waals surface area contributed by atoms with Crippen molar-refractivity contribution in [2.75, 3.05) is 0 Å². The van der Waals surface area contributed by atoms with Crippen molar-refractivity contribution in [3.63, 3.8) is 0 Å². The number of hydrogen-bond acceptors (Lipinski definition) is 0. The highest BCUT2D eigenvalue weighted by Gasteiger charge is 1.81. The second kappa shape index (κ2) is 3.53. The third-order valence-electron chi connectivity index (χ3n) is 0.683. The topological polar surface area (TPSA) is 48.3 Å². The van der Waals surface area contributed by atoms with Crippen LogP contribution in [0.15, 0.2) is 0 Å². The van der Waals surface area contributed by atoms with E-state index in [0.29, 0.717) is 6.42 Å². The number of rotatable bonds is 3. The van der Waals surface area contributed by atoms with Gasteiger partial charge in [0.25, 0.3) is 0 Å². The third-order valence-corrected chi connectivity index (χ3v) is 0.683. The molecule has 0 saturated carbocycles. The molecule has 0 aliphatic heterocycles. The Hall–Kier alpha value is -0.660. The van der Waals surface area contributed by atoms with Gasteiger partial charge in [-0.1, -0.05) is 5.84 Å². The van der Waals surface area contributed by atoms with Crippen LogP contribution in [-0.2, 0) is 0 Å². The fraction of sp³-hybridized carbons (Fsp3) is 0.600. The fourth-order valence-electron chi connectivity index (χ4n) is 0.306. The summed E-state index contributed by atoms with van der Waals surface area (Å²) in [4.78, 5) is 0. The molecule has 0 aromatic heterocycles. The minimum absolute atomic E-state index is 0.0173. The lowest BCUT2D eigenvalue weighted by molar-refractivity contribution is 0.891. The highest BCUT2D eigenvalue weighted by molar-refractivity contribution is 5.83. The summed E-state index contributed by atoms with van der Waals surface area (Å²) >= 11 is 0. The quantitative estimate of drug-likeness (QED) is 0.318. The van der Waals surface area contributed by atoms with E-state index in [4.69, 9.17) is 11.1 Å². The SMILES string of the molecule is [CH2+]CCCC(=[N-])N. The van der Waals surface area contributed by atoms with Crippen molar-refractivity contribution in [1.82, 2.24) is 0 Å². The molecule has 2 N–H and O–H groups in total. The minimum Gasteiger partial charge on any atom is -0.498 e. The predicted octanol–water partition coefficient (Wildman–Crippen LogP) is 0.917. The molecule has 0 rings (SSSR count). The van der Waals surface area contributed by atoms with Crippen molar-refractivity contribution >= 4 is 5.84 Å². The van der Waals surface area contributed by atoms with Gasteiger partial charge in [-0.25, -0.2) is 0 Å². The highest BCUT2D eigenvalue weighted by Crippen LogP contribution is 1.90. The number of nitrogens with two attached hydrogens (primary N) is 1. The number of amidine groups is 1. The summed E-state index contributed by atoms with van der Waals surface area (Å²) in [5, 5.41) is 8.35. The Kier molecular flexibility index (Phi) is 3.19. The molecular weight excluding hydrogens is 88.1 g/mol. The summed E-state index contributed by atoms with van der Waals surface area (Å²) in [6.07, 6.45) is 2.30.